The zero-order chi connectivity index (χ0) is 14.9. The molecule has 0 amide bonds. The van der Waals surface area contributed by atoms with Crippen LogP contribution in [-0.2, 0) is 6.18 Å². The number of nitrogens with one attached hydrogen (secondary N) is 1. The van der Waals surface area contributed by atoms with Gasteiger partial charge in [-0.1, -0.05) is 11.6 Å². The summed E-state index contributed by atoms with van der Waals surface area (Å²) in [6.07, 6.45) is -3.54. The van der Waals surface area contributed by atoms with Crippen molar-refractivity contribution >= 4 is 51.3 Å². The molecule has 2 aromatic rings. The molecule has 1 aromatic heterocycles. The number of anilines is 3. The molecule has 0 bridgehead atoms. The monoisotopic (exact) mass is 413 g/mol. The molecule has 106 valence electrons. The standard InChI is InChI=1S/C12H8ClF3IN3/c13-6-1-2-9(7(17)3-6)20-10-4-11(12(14,15)16)19-5-8(10)18/h1-5H,18H2,(H,19,20). The lowest BCUT2D eigenvalue weighted by Crippen LogP contribution is -2.09. The Morgan fingerprint density at radius 2 is 1.90 bits per heavy atom. The van der Waals surface area contributed by atoms with Crippen molar-refractivity contribution in [3.8, 4) is 0 Å². The van der Waals surface area contributed by atoms with Crippen molar-refractivity contribution in [2.45, 2.75) is 6.18 Å². The van der Waals surface area contributed by atoms with Gasteiger partial charge < -0.3 is 11.1 Å². The Kier molecular flexibility index (Phi) is 4.28. The molecule has 0 aliphatic heterocycles. The van der Waals surface area contributed by atoms with Crippen LogP contribution in [-0.4, -0.2) is 4.98 Å². The number of hydrogen-bond acceptors (Lipinski definition) is 3. The summed E-state index contributed by atoms with van der Waals surface area (Å²) in [4.78, 5) is 3.28. The minimum Gasteiger partial charge on any atom is -0.396 e. The smallest absolute Gasteiger partial charge is 0.396 e. The Morgan fingerprint density at radius 3 is 2.50 bits per heavy atom. The first kappa shape index (κ1) is 15.2. The van der Waals surface area contributed by atoms with E-state index in [9.17, 15) is 13.2 Å². The van der Waals surface area contributed by atoms with E-state index in [2.05, 4.69) is 10.3 Å². The van der Waals surface area contributed by atoms with Gasteiger partial charge in [0.05, 0.1) is 23.3 Å². The lowest BCUT2D eigenvalue weighted by Gasteiger charge is -2.13. The van der Waals surface area contributed by atoms with E-state index in [1.807, 2.05) is 22.6 Å². The number of alkyl halides is 3. The molecule has 0 radical (unpaired) electrons. The summed E-state index contributed by atoms with van der Waals surface area (Å²) >= 11 is 7.84. The van der Waals surface area contributed by atoms with E-state index in [-0.39, 0.29) is 11.4 Å². The summed E-state index contributed by atoms with van der Waals surface area (Å²) in [6.45, 7) is 0. The fourth-order valence-corrected chi connectivity index (χ4v) is 2.47. The molecule has 3 nitrogen and oxygen atoms in total. The Labute approximate surface area is 131 Å². The lowest BCUT2D eigenvalue weighted by atomic mass is 10.2. The number of benzene rings is 1. The normalized spacial score (nSPS) is 11.4. The van der Waals surface area contributed by atoms with Crippen LogP contribution in [0.25, 0.3) is 0 Å². The first-order valence-electron chi connectivity index (χ1n) is 5.32. The number of hydrogen-bond donors (Lipinski definition) is 2. The summed E-state index contributed by atoms with van der Waals surface area (Å²) in [7, 11) is 0. The zero-order valence-corrected chi connectivity index (χ0v) is 12.7. The van der Waals surface area contributed by atoms with E-state index in [0.717, 1.165) is 15.8 Å². The number of halogens is 5. The van der Waals surface area contributed by atoms with Crippen molar-refractivity contribution in [3.63, 3.8) is 0 Å². The van der Waals surface area contributed by atoms with E-state index >= 15 is 0 Å². The molecule has 0 spiro atoms. The Balaban J connectivity index is 2.38. The third-order valence-electron chi connectivity index (χ3n) is 2.43. The van der Waals surface area contributed by atoms with E-state index in [4.69, 9.17) is 17.3 Å². The van der Waals surface area contributed by atoms with E-state index in [1.165, 1.54) is 0 Å². The van der Waals surface area contributed by atoms with Gasteiger partial charge in [-0.3, -0.25) is 0 Å². The lowest BCUT2D eigenvalue weighted by molar-refractivity contribution is -0.141. The topological polar surface area (TPSA) is 50.9 Å². The highest BCUT2D eigenvalue weighted by atomic mass is 127. The molecule has 0 fully saturated rings. The van der Waals surface area contributed by atoms with Crippen molar-refractivity contribution < 1.29 is 13.2 Å². The maximum atomic E-state index is 12.6. The maximum Gasteiger partial charge on any atom is 0.433 e. The largest absolute Gasteiger partial charge is 0.433 e. The van der Waals surface area contributed by atoms with Gasteiger partial charge in [0.25, 0.3) is 0 Å². The number of nitrogens with two attached hydrogens (primary N) is 1. The van der Waals surface area contributed by atoms with Gasteiger partial charge >= 0.3 is 6.18 Å². The third kappa shape index (κ3) is 3.45. The molecule has 8 heteroatoms. The van der Waals surface area contributed by atoms with Gasteiger partial charge in [0.1, 0.15) is 5.69 Å². The predicted octanol–water partition coefficient (Wildman–Crippen LogP) is 4.68. The molecule has 0 saturated heterocycles. The van der Waals surface area contributed by atoms with E-state index < -0.39 is 11.9 Å². The molecule has 0 atom stereocenters. The van der Waals surface area contributed by atoms with Crippen LogP contribution in [0.4, 0.5) is 30.2 Å². The number of nitrogens with zero attached hydrogens (tertiary/aromatic N) is 1. The second-order valence-electron chi connectivity index (χ2n) is 3.90. The van der Waals surface area contributed by atoms with Crippen molar-refractivity contribution in [1.82, 2.24) is 4.98 Å². The first-order valence-corrected chi connectivity index (χ1v) is 6.78. The van der Waals surface area contributed by atoms with Crippen LogP contribution >= 0.6 is 34.2 Å². The molecular formula is C12H8ClF3IN3. The van der Waals surface area contributed by atoms with Gasteiger partial charge in [-0.2, -0.15) is 13.2 Å². The summed E-state index contributed by atoms with van der Waals surface area (Å²) in [5.74, 6) is 0. The van der Waals surface area contributed by atoms with Crippen molar-refractivity contribution in [3.05, 3.63) is 44.7 Å². The van der Waals surface area contributed by atoms with Gasteiger partial charge in [0.15, 0.2) is 0 Å². The van der Waals surface area contributed by atoms with E-state index in [0.29, 0.717) is 10.7 Å². The molecule has 1 aromatic carbocycles. The molecule has 20 heavy (non-hydrogen) atoms. The maximum absolute atomic E-state index is 12.6. The highest BCUT2D eigenvalue weighted by molar-refractivity contribution is 14.1. The van der Waals surface area contributed by atoms with Crippen LogP contribution in [0.1, 0.15) is 5.69 Å². The molecule has 1 heterocycles. The molecule has 3 N–H and O–H groups in total. The minimum absolute atomic E-state index is 0.128. The average Bonchev–Trinajstić information content (AvgIpc) is 2.33. The van der Waals surface area contributed by atoms with Crippen LogP contribution in [0.15, 0.2) is 30.5 Å². The van der Waals surface area contributed by atoms with Gasteiger partial charge in [0, 0.05) is 8.59 Å². The van der Waals surface area contributed by atoms with E-state index in [1.54, 1.807) is 18.2 Å². The average molecular weight is 414 g/mol. The first-order chi connectivity index (χ1) is 9.27. The summed E-state index contributed by atoms with van der Waals surface area (Å²) in [6, 6.07) is 5.86. The number of pyridine rings is 1. The van der Waals surface area contributed by atoms with Crippen LogP contribution in [0.2, 0.25) is 5.02 Å². The minimum atomic E-state index is -4.52. The van der Waals surface area contributed by atoms with Gasteiger partial charge in [-0.25, -0.2) is 4.98 Å². The molecule has 0 aliphatic carbocycles. The number of nitrogen functional groups attached to an aromatic ring is 1. The van der Waals surface area contributed by atoms with Crippen LogP contribution in [0.3, 0.4) is 0 Å². The SMILES string of the molecule is Nc1cnc(C(F)(F)F)cc1Nc1ccc(Cl)cc1I. The Morgan fingerprint density at radius 1 is 1.20 bits per heavy atom. The number of aromatic nitrogens is 1. The summed E-state index contributed by atoms with van der Waals surface area (Å²) in [5, 5.41) is 3.39. The predicted molar refractivity (Wildman–Crippen MR) is 81.1 cm³/mol. The highest BCUT2D eigenvalue weighted by Crippen LogP contribution is 2.33. The molecular weight excluding hydrogens is 406 g/mol. The van der Waals surface area contributed by atoms with Gasteiger partial charge in [0.2, 0.25) is 0 Å². The summed E-state index contributed by atoms with van der Waals surface area (Å²) in [5.41, 5.74) is 5.52. The quantitative estimate of drug-likeness (QED) is 0.703. The van der Waals surface area contributed by atoms with Crippen LogP contribution in [0, 0.1) is 3.57 Å². The zero-order valence-electron chi connectivity index (χ0n) is 9.80. The Bertz CT molecular complexity index is 646. The Hall–Kier alpha value is -1.22. The van der Waals surface area contributed by atoms with Crippen LogP contribution in [0.5, 0.6) is 0 Å². The fraction of sp³-hybridized carbons (Fsp3) is 0.0833. The van der Waals surface area contributed by atoms with Gasteiger partial charge in [-0.05, 0) is 46.9 Å². The molecule has 0 aliphatic rings. The number of rotatable bonds is 2. The molecule has 0 unspecified atom stereocenters. The highest BCUT2D eigenvalue weighted by Gasteiger charge is 2.33. The fourth-order valence-electron chi connectivity index (χ4n) is 1.47. The van der Waals surface area contributed by atoms with Crippen molar-refractivity contribution in [2.75, 3.05) is 11.1 Å². The summed E-state index contributed by atoms with van der Waals surface area (Å²) < 4.78 is 38.6. The second-order valence-corrected chi connectivity index (χ2v) is 5.50. The molecule has 0 saturated carbocycles. The van der Waals surface area contributed by atoms with Crippen molar-refractivity contribution in [2.24, 2.45) is 0 Å². The van der Waals surface area contributed by atoms with Gasteiger partial charge in [-0.15, -0.1) is 0 Å². The third-order valence-corrected chi connectivity index (χ3v) is 3.55. The molecule has 2 rings (SSSR count). The second kappa shape index (κ2) is 5.65. The van der Waals surface area contributed by atoms with Crippen LogP contribution < -0.4 is 11.1 Å². The van der Waals surface area contributed by atoms with Crippen molar-refractivity contribution in [1.29, 1.82) is 0 Å².